The number of nitriles is 1. The van der Waals surface area contributed by atoms with Crippen LogP contribution in [0.5, 0.6) is 0 Å². The van der Waals surface area contributed by atoms with E-state index in [1.54, 1.807) is 0 Å². The molecule has 0 radical (unpaired) electrons. The lowest BCUT2D eigenvalue weighted by Gasteiger charge is -2.40. The van der Waals surface area contributed by atoms with E-state index in [9.17, 15) is 10.4 Å². The molecule has 1 N–H and O–H groups in total. The van der Waals surface area contributed by atoms with Crippen molar-refractivity contribution >= 4 is 23.6 Å². The number of nitrogens with zero attached hydrogens (tertiary/aromatic N) is 1. The van der Waals surface area contributed by atoms with Crippen LogP contribution in [-0.4, -0.2) is 19.8 Å². The molecular weight excluding hydrogens is 334 g/mol. The highest BCUT2D eigenvalue weighted by Crippen LogP contribution is 2.27. The Morgan fingerprint density at radius 2 is 1.12 bits per heavy atom. The van der Waals surface area contributed by atoms with Gasteiger partial charge in [-0.15, -0.1) is 0 Å². The molecule has 0 aliphatic rings. The van der Waals surface area contributed by atoms with E-state index in [0.29, 0.717) is 12.8 Å². The molecule has 3 aromatic carbocycles. The topological polar surface area (TPSA) is 44.0 Å². The lowest BCUT2D eigenvalue weighted by Crippen LogP contribution is -2.70. The second kappa shape index (κ2) is 8.62. The Kier molecular flexibility index (Phi) is 6.01. The van der Waals surface area contributed by atoms with Gasteiger partial charge in [0.15, 0.2) is 8.07 Å². The molecule has 3 rings (SSSR count). The second-order valence-corrected chi connectivity index (χ2v) is 10.6. The van der Waals surface area contributed by atoms with Gasteiger partial charge in [-0.1, -0.05) is 91.0 Å². The van der Waals surface area contributed by atoms with Gasteiger partial charge in [0.25, 0.3) is 0 Å². The average Bonchev–Trinajstić information content (AvgIpc) is 2.73. The maximum Gasteiger partial charge on any atom is 0.153 e. The molecule has 0 bridgehead atoms. The van der Waals surface area contributed by atoms with Crippen LogP contribution in [0.15, 0.2) is 91.0 Å². The molecule has 0 aromatic heterocycles. The fraction of sp³-hybridized carbons (Fsp3) is 0.174. The number of hydrogen-bond acceptors (Lipinski definition) is 2. The smallest absolute Gasteiger partial charge is 0.153 e. The van der Waals surface area contributed by atoms with Crippen molar-refractivity contribution in [3.63, 3.8) is 0 Å². The van der Waals surface area contributed by atoms with E-state index in [1.807, 2.05) is 18.2 Å². The standard InChI is InChI=1S/C23H23NOSi/c24-18-10-17-23(19-25)26(20-11-4-1-5-12-20,21-13-6-2-7-14-21)22-15-8-3-9-16-22/h1-9,11-16,23,25H,10,17,19H2. The highest BCUT2D eigenvalue weighted by Gasteiger charge is 2.45. The van der Waals surface area contributed by atoms with Crippen LogP contribution in [-0.2, 0) is 0 Å². The van der Waals surface area contributed by atoms with Crippen LogP contribution < -0.4 is 15.6 Å². The zero-order valence-electron chi connectivity index (χ0n) is 14.8. The number of rotatable bonds is 7. The molecule has 0 saturated heterocycles. The first kappa shape index (κ1) is 18.1. The number of aliphatic hydroxyl groups is 1. The summed E-state index contributed by atoms with van der Waals surface area (Å²) in [4.78, 5) is 0. The van der Waals surface area contributed by atoms with Gasteiger partial charge in [-0.3, -0.25) is 0 Å². The molecule has 3 aromatic rings. The summed E-state index contributed by atoms with van der Waals surface area (Å²) in [5.74, 6) is 0. The van der Waals surface area contributed by atoms with Gasteiger partial charge in [0.2, 0.25) is 0 Å². The summed E-state index contributed by atoms with van der Waals surface area (Å²) in [6.07, 6.45) is 1.14. The van der Waals surface area contributed by atoms with Crippen molar-refractivity contribution in [1.82, 2.24) is 0 Å². The van der Waals surface area contributed by atoms with Crippen LogP contribution in [0.3, 0.4) is 0 Å². The lowest BCUT2D eigenvalue weighted by atomic mass is 10.2. The van der Waals surface area contributed by atoms with Crippen molar-refractivity contribution in [2.75, 3.05) is 6.61 Å². The van der Waals surface area contributed by atoms with E-state index in [0.717, 1.165) is 0 Å². The summed E-state index contributed by atoms with van der Waals surface area (Å²) in [5, 5.41) is 23.4. The summed E-state index contributed by atoms with van der Waals surface area (Å²) < 4.78 is 0. The van der Waals surface area contributed by atoms with Crippen molar-refractivity contribution in [3.05, 3.63) is 91.0 Å². The summed E-state index contributed by atoms with van der Waals surface area (Å²) in [6, 6.07) is 33.9. The van der Waals surface area contributed by atoms with Crippen molar-refractivity contribution in [1.29, 1.82) is 5.26 Å². The molecule has 1 unspecified atom stereocenters. The van der Waals surface area contributed by atoms with Gasteiger partial charge in [0.1, 0.15) is 0 Å². The monoisotopic (exact) mass is 357 g/mol. The lowest BCUT2D eigenvalue weighted by molar-refractivity contribution is 0.283. The van der Waals surface area contributed by atoms with Crippen molar-refractivity contribution in [2.24, 2.45) is 0 Å². The van der Waals surface area contributed by atoms with E-state index in [-0.39, 0.29) is 12.1 Å². The zero-order chi connectivity index (χ0) is 18.2. The minimum Gasteiger partial charge on any atom is -0.396 e. The van der Waals surface area contributed by atoms with E-state index in [4.69, 9.17) is 0 Å². The number of aliphatic hydroxyl groups excluding tert-OH is 1. The molecule has 1 atom stereocenters. The van der Waals surface area contributed by atoms with Gasteiger partial charge in [-0.25, -0.2) is 0 Å². The van der Waals surface area contributed by atoms with Crippen LogP contribution in [0, 0.1) is 11.3 Å². The predicted molar refractivity (Wildman–Crippen MR) is 110 cm³/mol. The molecule has 2 nitrogen and oxygen atoms in total. The molecule has 0 heterocycles. The Bertz CT molecular complexity index is 747. The molecule has 0 aliphatic carbocycles. The normalized spacial score (nSPS) is 12.3. The third kappa shape index (κ3) is 3.34. The van der Waals surface area contributed by atoms with Crippen LogP contribution in [0.2, 0.25) is 5.54 Å². The SMILES string of the molecule is N#CCCC(CO)[Si](c1ccccc1)(c1ccccc1)c1ccccc1. The van der Waals surface area contributed by atoms with Crippen LogP contribution in [0.25, 0.3) is 0 Å². The number of benzene rings is 3. The van der Waals surface area contributed by atoms with Gasteiger partial charge >= 0.3 is 0 Å². The minimum atomic E-state index is -2.49. The van der Waals surface area contributed by atoms with Crippen LogP contribution in [0.1, 0.15) is 12.8 Å². The molecule has 0 amide bonds. The Morgan fingerprint density at radius 1 is 0.731 bits per heavy atom. The molecule has 130 valence electrons. The minimum absolute atomic E-state index is 0.0364. The Balaban J connectivity index is 2.33. The largest absolute Gasteiger partial charge is 0.396 e. The van der Waals surface area contributed by atoms with Crippen LogP contribution in [0.4, 0.5) is 0 Å². The first-order valence-electron chi connectivity index (χ1n) is 8.98. The Labute approximate surface area is 156 Å². The van der Waals surface area contributed by atoms with Crippen molar-refractivity contribution in [2.45, 2.75) is 18.4 Å². The van der Waals surface area contributed by atoms with Gasteiger partial charge in [-0.2, -0.15) is 5.26 Å². The van der Waals surface area contributed by atoms with E-state index in [1.165, 1.54) is 15.6 Å². The predicted octanol–water partition coefficient (Wildman–Crippen LogP) is 2.82. The summed E-state index contributed by atoms with van der Waals surface area (Å²) >= 11 is 0. The van der Waals surface area contributed by atoms with Gasteiger partial charge in [-0.05, 0) is 27.5 Å². The Hall–Kier alpha value is -2.67. The fourth-order valence-corrected chi connectivity index (χ4v) is 9.41. The van der Waals surface area contributed by atoms with Gasteiger partial charge in [0.05, 0.1) is 6.07 Å². The van der Waals surface area contributed by atoms with E-state index < -0.39 is 8.07 Å². The molecule has 0 saturated carbocycles. The first-order chi connectivity index (χ1) is 12.8. The molecule has 0 aliphatic heterocycles. The maximum absolute atomic E-state index is 10.4. The third-order valence-electron chi connectivity index (χ3n) is 5.12. The fourth-order valence-electron chi connectivity index (χ4n) is 3.99. The third-order valence-corrected chi connectivity index (χ3v) is 10.6. The summed E-state index contributed by atoms with van der Waals surface area (Å²) in [5.41, 5.74) is 0.0364. The highest BCUT2D eigenvalue weighted by atomic mass is 28.3. The highest BCUT2D eigenvalue weighted by molar-refractivity contribution is 7.12. The van der Waals surface area contributed by atoms with Crippen LogP contribution >= 0.6 is 0 Å². The molecule has 0 spiro atoms. The molecule has 26 heavy (non-hydrogen) atoms. The van der Waals surface area contributed by atoms with Crippen molar-refractivity contribution in [3.8, 4) is 6.07 Å². The maximum atomic E-state index is 10.4. The first-order valence-corrected chi connectivity index (χ1v) is 11.1. The Morgan fingerprint density at radius 3 is 1.42 bits per heavy atom. The zero-order valence-corrected chi connectivity index (χ0v) is 15.8. The van der Waals surface area contributed by atoms with E-state index >= 15 is 0 Å². The second-order valence-electron chi connectivity index (χ2n) is 6.48. The van der Waals surface area contributed by atoms with E-state index in [2.05, 4.69) is 78.9 Å². The van der Waals surface area contributed by atoms with Gasteiger partial charge in [0, 0.05) is 13.0 Å². The summed E-state index contributed by atoms with van der Waals surface area (Å²) in [6.45, 7) is 0.0760. The quantitative estimate of drug-likeness (QED) is 0.522. The van der Waals surface area contributed by atoms with Crippen molar-refractivity contribution < 1.29 is 5.11 Å². The molecule has 0 fully saturated rings. The van der Waals surface area contributed by atoms with Gasteiger partial charge < -0.3 is 5.11 Å². The molecular formula is C23H23NOSi. The molecule has 3 heteroatoms. The summed E-state index contributed by atoms with van der Waals surface area (Å²) in [7, 11) is -2.49. The number of hydrogen-bond donors (Lipinski definition) is 1. The average molecular weight is 358 g/mol.